The fourth-order valence-electron chi connectivity index (χ4n) is 2.96. The van der Waals surface area contributed by atoms with Crippen LogP contribution in [-0.2, 0) is 6.18 Å². The summed E-state index contributed by atoms with van der Waals surface area (Å²) in [6, 6.07) is 14.4. The molecule has 0 aliphatic heterocycles. The molecule has 11 heteroatoms. The molecule has 0 aliphatic carbocycles. The number of benzene rings is 2. The summed E-state index contributed by atoms with van der Waals surface area (Å²) in [5.74, 6) is 0.0716. The lowest BCUT2D eigenvalue weighted by Crippen LogP contribution is -2.08. The molecular formula is C22H13Cl2F3N4OS. The summed E-state index contributed by atoms with van der Waals surface area (Å²) in [6.45, 7) is 0. The number of carbonyl (C=O) groups is 1. The van der Waals surface area contributed by atoms with Crippen LogP contribution in [0.1, 0.15) is 15.9 Å². The van der Waals surface area contributed by atoms with Crippen LogP contribution in [0.4, 0.5) is 13.2 Å². The highest BCUT2D eigenvalue weighted by atomic mass is 35.5. The quantitative estimate of drug-likeness (QED) is 0.166. The monoisotopic (exact) mass is 508 g/mol. The van der Waals surface area contributed by atoms with E-state index in [-0.39, 0.29) is 33.4 Å². The molecule has 4 aromatic rings. The van der Waals surface area contributed by atoms with Gasteiger partial charge in [-0.1, -0.05) is 41.0 Å². The van der Waals surface area contributed by atoms with Crippen LogP contribution in [0.2, 0.25) is 10.2 Å². The third-order valence-electron chi connectivity index (χ3n) is 4.55. The maximum Gasteiger partial charge on any atom is 0.416 e. The number of hydrogen-bond donors (Lipinski definition) is 0. The molecule has 0 unspecified atom stereocenters. The van der Waals surface area contributed by atoms with Crippen LogP contribution in [0.15, 0.2) is 72.0 Å². The molecule has 0 N–H and O–H groups in total. The summed E-state index contributed by atoms with van der Waals surface area (Å²) in [7, 11) is 0. The molecule has 0 spiro atoms. The van der Waals surface area contributed by atoms with Gasteiger partial charge in [-0.3, -0.25) is 9.36 Å². The smallest absolute Gasteiger partial charge is 0.293 e. The van der Waals surface area contributed by atoms with E-state index in [1.54, 1.807) is 36.4 Å². The van der Waals surface area contributed by atoms with Gasteiger partial charge < -0.3 is 0 Å². The Morgan fingerprint density at radius 2 is 1.76 bits per heavy atom. The van der Waals surface area contributed by atoms with Crippen LogP contribution in [0, 0.1) is 0 Å². The first-order chi connectivity index (χ1) is 15.7. The van der Waals surface area contributed by atoms with E-state index in [9.17, 15) is 18.0 Å². The number of pyridine rings is 1. The van der Waals surface area contributed by atoms with Crippen molar-refractivity contribution in [1.82, 2.24) is 19.7 Å². The van der Waals surface area contributed by atoms with Crippen molar-refractivity contribution in [1.29, 1.82) is 0 Å². The molecule has 0 atom stereocenters. The highest BCUT2D eigenvalue weighted by Crippen LogP contribution is 2.33. The van der Waals surface area contributed by atoms with Gasteiger partial charge >= 0.3 is 6.18 Å². The summed E-state index contributed by atoms with van der Waals surface area (Å²) in [5.41, 5.74) is 0.336. The van der Waals surface area contributed by atoms with Gasteiger partial charge in [-0.05, 0) is 54.6 Å². The van der Waals surface area contributed by atoms with E-state index in [2.05, 4.69) is 15.2 Å². The lowest BCUT2D eigenvalue weighted by Gasteiger charge is -2.13. The van der Waals surface area contributed by atoms with Crippen LogP contribution in [0.3, 0.4) is 0 Å². The molecule has 0 aliphatic rings. The lowest BCUT2D eigenvalue weighted by atomic mass is 10.1. The first-order valence-electron chi connectivity index (χ1n) is 9.39. The number of Topliss-reactive ketones (excluding diaryl/α,β-unsaturated/α-hetero) is 1. The minimum atomic E-state index is -4.52. The van der Waals surface area contributed by atoms with E-state index in [0.29, 0.717) is 16.1 Å². The second-order valence-electron chi connectivity index (χ2n) is 6.78. The Morgan fingerprint density at radius 1 is 1.00 bits per heavy atom. The van der Waals surface area contributed by atoms with Gasteiger partial charge in [0, 0.05) is 22.3 Å². The number of ketones is 1. The molecule has 0 amide bonds. The van der Waals surface area contributed by atoms with Gasteiger partial charge in [0.15, 0.2) is 16.8 Å². The Balaban J connectivity index is 1.72. The minimum Gasteiger partial charge on any atom is -0.293 e. The largest absolute Gasteiger partial charge is 0.416 e. The molecular weight excluding hydrogens is 496 g/mol. The highest BCUT2D eigenvalue weighted by Gasteiger charge is 2.31. The van der Waals surface area contributed by atoms with Crippen molar-refractivity contribution in [2.45, 2.75) is 11.3 Å². The number of rotatable bonds is 6. The molecule has 5 nitrogen and oxygen atoms in total. The summed E-state index contributed by atoms with van der Waals surface area (Å²) in [4.78, 5) is 16.6. The predicted octanol–water partition coefficient (Wildman–Crippen LogP) is 6.63. The first kappa shape index (κ1) is 23.3. The van der Waals surface area contributed by atoms with Crippen LogP contribution in [0.25, 0.3) is 17.1 Å². The molecule has 2 heterocycles. The molecule has 0 fully saturated rings. The van der Waals surface area contributed by atoms with Crippen molar-refractivity contribution >= 4 is 40.7 Å². The Bertz CT molecular complexity index is 1290. The molecule has 2 aromatic carbocycles. The zero-order valence-corrected chi connectivity index (χ0v) is 18.9. The summed E-state index contributed by atoms with van der Waals surface area (Å²) in [5, 5.41) is 9.28. The Hall–Kier alpha value is -2.88. The van der Waals surface area contributed by atoms with Crippen molar-refractivity contribution in [2.75, 3.05) is 5.75 Å². The highest BCUT2D eigenvalue weighted by molar-refractivity contribution is 7.99. The average molecular weight is 509 g/mol. The van der Waals surface area contributed by atoms with Crippen LogP contribution >= 0.6 is 35.0 Å². The van der Waals surface area contributed by atoms with Crippen molar-refractivity contribution in [2.24, 2.45) is 0 Å². The Labute approximate surface area is 200 Å². The summed E-state index contributed by atoms with van der Waals surface area (Å²) < 4.78 is 41.4. The van der Waals surface area contributed by atoms with Gasteiger partial charge in [0.05, 0.1) is 17.0 Å². The summed E-state index contributed by atoms with van der Waals surface area (Å²) >= 11 is 12.8. The third-order valence-corrected chi connectivity index (χ3v) is 5.95. The SMILES string of the molecule is O=C(CSc1nnc(-c2ccc(Cl)nc2)n1-c1cccc(C(F)(F)F)c1)c1ccc(Cl)cc1. The fourth-order valence-corrected chi connectivity index (χ4v) is 4.05. The maximum absolute atomic E-state index is 13.3. The molecule has 0 bridgehead atoms. The molecule has 0 saturated carbocycles. The van der Waals surface area contributed by atoms with Gasteiger partial charge in [0.25, 0.3) is 0 Å². The number of thioether (sulfide) groups is 1. The maximum atomic E-state index is 13.3. The van der Waals surface area contributed by atoms with Gasteiger partial charge in [0.1, 0.15) is 5.15 Å². The molecule has 2 aromatic heterocycles. The Morgan fingerprint density at radius 3 is 2.42 bits per heavy atom. The van der Waals surface area contributed by atoms with Crippen molar-refractivity contribution in [3.05, 3.63) is 88.2 Å². The van der Waals surface area contributed by atoms with E-state index >= 15 is 0 Å². The van der Waals surface area contributed by atoms with Gasteiger partial charge in [-0.25, -0.2) is 4.98 Å². The minimum absolute atomic E-state index is 0.00239. The number of nitrogens with zero attached hydrogens (tertiary/aromatic N) is 4. The fraction of sp³-hybridized carbons (Fsp3) is 0.0909. The lowest BCUT2D eigenvalue weighted by molar-refractivity contribution is -0.137. The molecule has 168 valence electrons. The van der Waals surface area contributed by atoms with Crippen molar-refractivity contribution in [3.8, 4) is 17.1 Å². The molecule has 4 rings (SSSR count). The molecule has 0 saturated heterocycles. The van der Waals surface area contributed by atoms with E-state index in [0.717, 1.165) is 23.9 Å². The number of alkyl halides is 3. The Kier molecular flexibility index (Phi) is 6.73. The number of carbonyl (C=O) groups excluding carboxylic acids is 1. The van der Waals surface area contributed by atoms with E-state index in [4.69, 9.17) is 23.2 Å². The predicted molar refractivity (Wildman–Crippen MR) is 121 cm³/mol. The van der Waals surface area contributed by atoms with Gasteiger partial charge in [-0.15, -0.1) is 10.2 Å². The summed E-state index contributed by atoms with van der Waals surface area (Å²) in [6.07, 6.45) is -3.08. The standard InChI is InChI=1S/C22H13Cl2F3N4OS/c23-16-7-4-13(5-8-16)18(32)12-33-21-30-29-20(14-6-9-19(24)28-11-14)31(21)17-3-1-2-15(10-17)22(25,26)27/h1-11H,12H2. The zero-order valence-electron chi connectivity index (χ0n) is 16.6. The third kappa shape index (κ3) is 5.38. The topological polar surface area (TPSA) is 60.7 Å². The van der Waals surface area contributed by atoms with Crippen LogP contribution < -0.4 is 0 Å². The van der Waals surface area contributed by atoms with Gasteiger partial charge in [0.2, 0.25) is 0 Å². The van der Waals surface area contributed by atoms with E-state index in [1.165, 1.54) is 22.9 Å². The second-order valence-corrected chi connectivity index (χ2v) is 8.54. The number of halogens is 5. The van der Waals surface area contributed by atoms with Crippen LogP contribution in [0.5, 0.6) is 0 Å². The van der Waals surface area contributed by atoms with Crippen LogP contribution in [-0.4, -0.2) is 31.3 Å². The van der Waals surface area contributed by atoms with E-state index < -0.39 is 11.7 Å². The van der Waals surface area contributed by atoms with E-state index in [1.807, 2.05) is 0 Å². The number of aromatic nitrogens is 4. The normalized spacial score (nSPS) is 11.5. The first-order valence-corrected chi connectivity index (χ1v) is 11.1. The van der Waals surface area contributed by atoms with Crippen molar-refractivity contribution in [3.63, 3.8) is 0 Å². The zero-order chi connectivity index (χ0) is 23.6. The molecule has 33 heavy (non-hydrogen) atoms. The second kappa shape index (κ2) is 9.54. The molecule has 0 radical (unpaired) electrons. The number of hydrogen-bond acceptors (Lipinski definition) is 5. The van der Waals surface area contributed by atoms with Gasteiger partial charge in [-0.2, -0.15) is 13.2 Å². The van der Waals surface area contributed by atoms with Crippen molar-refractivity contribution < 1.29 is 18.0 Å². The average Bonchev–Trinajstić information content (AvgIpc) is 3.22.